The van der Waals surface area contributed by atoms with Crippen LogP contribution in [0.4, 0.5) is 34.9 Å². The van der Waals surface area contributed by atoms with Crippen LogP contribution >= 0.6 is 0 Å². The largest absolute Gasteiger partial charge is 0.454 e. The van der Waals surface area contributed by atoms with E-state index in [4.69, 9.17) is 4.74 Å². The van der Waals surface area contributed by atoms with E-state index >= 15 is 4.39 Å². The molecule has 2 N–H and O–H groups in total. The lowest BCUT2D eigenvalue weighted by Gasteiger charge is -2.16. The van der Waals surface area contributed by atoms with Gasteiger partial charge in [-0.2, -0.15) is 13.9 Å². The molecule has 44 heavy (non-hydrogen) atoms. The number of ether oxygens (including phenoxy) is 1. The second-order valence-electron chi connectivity index (χ2n) is 9.61. The van der Waals surface area contributed by atoms with Gasteiger partial charge in [0.1, 0.15) is 22.9 Å². The minimum absolute atomic E-state index is 0.0124. The Morgan fingerprint density at radius 3 is 2.36 bits per heavy atom. The molecule has 2 aromatic carbocycles. The highest BCUT2D eigenvalue weighted by Gasteiger charge is 2.20. The highest BCUT2D eigenvalue weighted by Crippen LogP contribution is 2.28. The van der Waals surface area contributed by atoms with Crippen molar-refractivity contribution < 1.29 is 27.1 Å². The normalized spacial score (nSPS) is 11.2. The number of carbonyl (C=O) groups is 1. The second-order valence-corrected chi connectivity index (χ2v) is 9.61. The maximum Gasteiger partial charge on any atom is 0.335 e. The van der Waals surface area contributed by atoms with Gasteiger partial charge < -0.3 is 15.4 Å². The molecule has 226 valence electrons. The van der Waals surface area contributed by atoms with Gasteiger partial charge in [-0.1, -0.05) is 0 Å². The number of carbonyl (C=O) groups excluding carboxylic acids is 1. The Hall–Kier alpha value is -5.73. The number of anilines is 3. The van der Waals surface area contributed by atoms with Crippen molar-refractivity contribution in [1.82, 2.24) is 23.9 Å². The SMILES string of the molecule is CC(C)n1cc(C(=O)Nc2ccc(Oc3ccnc(Nc4ccn(C(F)F)n4)c3)c(F)c2)c(=O)n(-c2ccc(F)cc2)c1=O. The number of nitrogens with zero attached hydrogens (tertiary/aromatic N) is 5. The molecule has 0 spiro atoms. The van der Waals surface area contributed by atoms with Crippen LogP contribution in [-0.2, 0) is 0 Å². The molecule has 0 unspecified atom stereocenters. The van der Waals surface area contributed by atoms with Crippen molar-refractivity contribution in [3.63, 3.8) is 0 Å². The van der Waals surface area contributed by atoms with E-state index in [0.29, 0.717) is 4.68 Å². The molecule has 5 aromatic rings. The number of rotatable bonds is 9. The van der Waals surface area contributed by atoms with E-state index in [1.165, 1.54) is 53.2 Å². The molecule has 5 rings (SSSR count). The summed E-state index contributed by atoms with van der Waals surface area (Å²) in [7, 11) is 0. The molecule has 15 heteroatoms. The number of hydrogen-bond donors (Lipinski definition) is 2. The minimum atomic E-state index is -2.81. The Balaban J connectivity index is 1.35. The zero-order valence-electron chi connectivity index (χ0n) is 23.0. The van der Waals surface area contributed by atoms with E-state index in [2.05, 4.69) is 20.7 Å². The van der Waals surface area contributed by atoms with Gasteiger partial charge in [-0.25, -0.2) is 27.8 Å². The van der Waals surface area contributed by atoms with Crippen LogP contribution in [0.25, 0.3) is 5.69 Å². The van der Waals surface area contributed by atoms with Crippen LogP contribution in [0.2, 0.25) is 0 Å². The Bertz CT molecular complexity index is 1950. The van der Waals surface area contributed by atoms with Gasteiger partial charge in [-0.3, -0.25) is 14.2 Å². The first kappa shape index (κ1) is 29.8. The standard InChI is InChI=1S/C29H23F4N7O4/c1-16(2)38-15-21(27(42)40(29(38)43)19-6-3-17(30)4-7-19)26(41)35-18-5-8-23(22(31)13-18)44-20-9-11-34-25(14-20)36-24-10-12-39(37-24)28(32)33/h3-16,28H,1-2H3,(H,35,41)(H,34,36,37). The Morgan fingerprint density at radius 2 is 1.70 bits per heavy atom. The first-order valence-electron chi connectivity index (χ1n) is 13.0. The third-order valence-electron chi connectivity index (χ3n) is 6.21. The summed E-state index contributed by atoms with van der Waals surface area (Å²) < 4.78 is 62.0. The third-order valence-corrected chi connectivity index (χ3v) is 6.21. The molecule has 0 aliphatic carbocycles. The number of nitrogens with one attached hydrogen (secondary N) is 2. The number of amides is 1. The van der Waals surface area contributed by atoms with Gasteiger partial charge in [0.15, 0.2) is 17.4 Å². The molecule has 0 aliphatic heterocycles. The predicted octanol–water partition coefficient (Wildman–Crippen LogP) is 5.63. The molecular weight excluding hydrogens is 586 g/mol. The summed E-state index contributed by atoms with van der Waals surface area (Å²) in [5.41, 5.74) is -2.02. The van der Waals surface area contributed by atoms with Gasteiger partial charge in [-0.15, -0.1) is 0 Å². The molecule has 0 aliphatic rings. The third kappa shape index (κ3) is 6.35. The molecule has 11 nitrogen and oxygen atoms in total. The van der Waals surface area contributed by atoms with Crippen molar-refractivity contribution in [2.24, 2.45) is 0 Å². The van der Waals surface area contributed by atoms with Crippen LogP contribution < -0.4 is 26.6 Å². The van der Waals surface area contributed by atoms with E-state index in [1.54, 1.807) is 13.8 Å². The van der Waals surface area contributed by atoms with Crippen molar-refractivity contribution in [3.05, 3.63) is 117 Å². The van der Waals surface area contributed by atoms with Crippen LogP contribution in [0.5, 0.6) is 11.5 Å². The fourth-order valence-corrected chi connectivity index (χ4v) is 4.09. The Kier molecular flexibility index (Phi) is 8.28. The van der Waals surface area contributed by atoms with E-state index in [9.17, 15) is 27.6 Å². The molecule has 0 bridgehead atoms. The number of alkyl halides is 2. The lowest BCUT2D eigenvalue weighted by Crippen LogP contribution is -2.42. The summed E-state index contributed by atoms with van der Waals surface area (Å²) in [6.07, 6.45) is 3.56. The second kappa shape index (κ2) is 12.2. The molecule has 0 atom stereocenters. The van der Waals surface area contributed by atoms with Crippen LogP contribution in [0, 0.1) is 11.6 Å². The summed E-state index contributed by atoms with van der Waals surface area (Å²) in [6, 6.07) is 11.9. The quantitative estimate of drug-likeness (QED) is 0.208. The van der Waals surface area contributed by atoms with Gasteiger partial charge in [0.25, 0.3) is 11.5 Å². The average molecular weight is 610 g/mol. The highest BCUT2D eigenvalue weighted by atomic mass is 19.3. The summed E-state index contributed by atoms with van der Waals surface area (Å²) in [6.45, 7) is 0.553. The molecular formula is C29H23F4N7O4. The minimum Gasteiger partial charge on any atom is -0.454 e. The molecule has 3 heterocycles. The van der Waals surface area contributed by atoms with E-state index < -0.39 is 46.9 Å². The number of pyridine rings is 1. The van der Waals surface area contributed by atoms with Crippen LogP contribution in [0.1, 0.15) is 36.8 Å². The van der Waals surface area contributed by atoms with Gasteiger partial charge in [0.2, 0.25) is 0 Å². The first-order chi connectivity index (χ1) is 21.0. The van der Waals surface area contributed by atoms with Gasteiger partial charge in [0.05, 0.1) is 5.69 Å². The summed E-state index contributed by atoms with van der Waals surface area (Å²) in [4.78, 5) is 43.5. The van der Waals surface area contributed by atoms with Gasteiger partial charge in [0, 0.05) is 48.5 Å². The van der Waals surface area contributed by atoms with Crippen LogP contribution in [0.3, 0.4) is 0 Å². The number of hydrogen-bond acceptors (Lipinski definition) is 7. The zero-order valence-corrected chi connectivity index (χ0v) is 23.0. The van der Waals surface area contributed by atoms with Crippen molar-refractivity contribution in [3.8, 4) is 17.2 Å². The fourth-order valence-electron chi connectivity index (χ4n) is 4.09. The van der Waals surface area contributed by atoms with Gasteiger partial charge >= 0.3 is 12.2 Å². The van der Waals surface area contributed by atoms with Crippen LogP contribution in [-0.4, -0.2) is 29.8 Å². The zero-order chi connectivity index (χ0) is 31.5. The summed E-state index contributed by atoms with van der Waals surface area (Å²) in [5, 5.41) is 8.85. The van der Waals surface area contributed by atoms with Crippen molar-refractivity contribution in [1.29, 1.82) is 0 Å². The van der Waals surface area contributed by atoms with E-state index in [-0.39, 0.29) is 34.5 Å². The van der Waals surface area contributed by atoms with E-state index in [1.807, 2.05) is 0 Å². The molecule has 0 saturated carbocycles. The average Bonchev–Trinajstić information content (AvgIpc) is 3.44. The number of benzene rings is 2. The predicted molar refractivity (Wildman–Crippen MR) is 152 cm³/mol. The number of halogens is 4. The molecule has 0 radical (unpaired) electrons. The fraction of sp³-hybridized carbons (Fsp3) is 0.138. The molecule has 0 saturated heterocycles. The maximum atomic E-state index is 15.0. The highest BCUT2D eigenvalue weighted by molar-refractivity contribution is 6.03. The van der Waals surface area contributed by atoms with Crippen molar-refractivity contribution in [2.45, 2.75) is 26.4 Å². The monoisotopic (exact) mass is 609 g/mol. The van der Waals surface area contributed by atoms with Gasteiger partial charge in [-0.05, 0) is 56.3 Å². The molecule has 3 aromatic heterocycles. The first-order valence-corrected chi connectivity index (χ1v) is 13.0. The smallest absolute Gasteiger partial charge is 0.335 e. The lowest BCUT2D eigenvalue weighted by molar-refractivity contribution is 0.0569. The molecule has 0 fully saturated rings. The van der Waals surface area contributed by atoms with Crippen LogP contribution in [0.15, 0.2) is 88.8 Å². The molecule has 1 amide bonds. The Labute approximate surface area is 246 Å². The topological polar surface area (TPSA) is 125 Å². The summed E-state index contributed by atoms with van der Waals surface area (Å²) in [5.74, 6) is -2.10. The Morgan fingerprint density at radius 1 is 0.955 bits per heavy atom. The number of aromatic nitrogens is 5. The van der Waals surface area contributed by atoms with Crippen molar-refractivity contribution >= 4 is 23.2 Å². The van der Waals surface area contributed by atoms with E-state index in [0.717, 1.165) is 35.2 Å². The van der Waals surface area contributed by atoms with Crippen molar-refractivity contribution in [2.75, 3.05) is 10.6 Å². The summed E-state index contributed by atoms with van der Waals surface area (Å²) >= 11 is 0. The maximum absolute atomic E-state index is 15.0. The lowest BCUT2D eigenvalue weighted by atomic mass is 10.2.